The Bertz CT molecular complexity index is 296. The van der Waals surface area contributed by atoms with Gasteiger partial charge in [0.05, 0.1) is 25.4 Å². The van der Waals surface area contributed by atoms with Gasteiger partial charge in [0.25, 0.3) is 0 Å². The normalized spacial score (nSPS) is 12.3. The zero-order chi connectivity index (χ0) is 18.8. The number of aliphatic hydroxyl groups is 2. The van der Waals surface area contributed by atoms with E-state index in [1.165, 1.54) is 0 Å². The third-order valence-corrected chi connectivity index (χ3v) is 3.14. The van der Waals surface area contributed by atoms with Crippen molar-refractivity contribution in [2.75, 3.05) is 26.6 Å². The van der Waals surface area contributed by atoms with Crippen molar-refractivity contribution in [2.24, 2.45) is 11.5 Å². The van der Waals surface area contributed by atoms with Gasteiger partial charge in [0.15, 0.2) is 0 Å². The molecule has 0 spiro atoms. The van der Waals surface area contributed by atoms with Crippen LogP contribution in [0.15, 0.2) is 0 Å². The number of nitrogens with one attached hydrogen (secondary N) is 2. The minimum Gasteiger partial charge on any atom is -0.548 e. The Hall–Kier alpha value is -0.0403. The van der Waals surface area contributed by atoms with E-state index in [0.29, 0.717) is 25.9 Å². The standard InChI is InChI=1S/2C7H16N2O3.Ca/c2*8-4-2-1-3-6(7(11)12)9-5-10;/h2*6,9-10H,1-5,8H2,(H,11,12);/q;;+2/p-2. The van der Waals surface area contributed by atoms with Crippen LogP contribution in [0.2, 0.25) is 0 Å². The topological polar surface area (TPSA) is 197 Å². The van der Waals surface area contributed by atoms with Crippen LogP contribution in [0.5, 0.6) is 0 Å². The van der Waals surface area contributed by atoms with E-state index in [4.69, 9.17) is 21.7 Å². The molecule has 0 aliphatic heterocycles. The Morgan fingerprint density at radius 2 is 1.12 bits per heavy atom. The van der Waals surface area contributed by atoms with Gasteiger partial charge in [-0.05, 0) is 38.8 Å². The molecule has 0 aliphatic carbocycles. The summed E-state index contributed by atoms with van der Waals surface area (Å²) in [7, 11) is 0. The van der Waals surface area contributed by atoms with Gasteiger partial charge in [0.1, 0.15) is 0 Å². The second-order valence-electron chi connectivity index (χ2n) is 5.04. The monoisotopic (exact) mass is 390 g/mol. The van der Waals surface area contributed by atoms with Crippen molar-refractivity contribution < 1.29 is 30.0 Å². The molecule has 8 N–H and O–H groups in total. The molecule has 2 unspecified atom stereocenters. The largest absolute Gasteiger partial charge is 2.00 e. The van der Waals surface area contributed by atoms with Crippen LogP contribution < -0.4 is 32.3 Å². The predicted octanol–water partition coefficient (Wildman–Crippen LogP) is -4.83. The van der Waals surface area contributed by atoms with E-state index in [-0.39, 0.29) is 51.2 Å². The quantitative estimate of drug-likeness (QED) is 0.0950. The number of rotatable bonds is 14. The zero-order valence-electron chi connectivity index (χ0n) is 14.6. The second kappa shape index (κ2) is 22.0. The van der Waals surface area contributed by atoms with Crippen molar-refractivity contribution in [3.63, 3.8) is 0 Å². The van der Waals surface area contributed by atoms with Gasteiger partial charge in [0.2, 0.25) is 0 Å². The molecule has 10 nitrogen and oxygen atoms in total. The van der Waals surface area contributed by atoms with Gasteiger partial charge in [-0.25, -0.2) is 0 Å². The molecule has 0 aromatic carbocycles. The molecule has 2 atom stereocenters. The summed E-state index contributed by atoms with van der Waals surface area (Å²) in [4.78, 5) is 20.7. The SMILES string of the molecule is NCCCCC(NCO)C(=O)[O-].NCCCCC(NCO)C(=O)[O-].[Ca+2]. The molecule has 0 heterocycles. The molecule has 0 aliphatic rings. The van der Waals surface area contributed by atoms with E-state index < -0.39 is 24.0 Å². The number of nitrogens with two attached hydrogens (primary N) is 2. The molecule has 0 rings (SSSR count). The maximum Gasteiger partial charge on any atom is 2.00 e. The first-order valence-corrected chi connectivity index (χ1v) is 7.94. The maximum atomic E-state index is 10.4. The molecule has 25 heavy (non-hydrogen) atoms. The van der Waals surface area contributed by atoms with E-state index in [0.717, 1.165) is 25.7 Å². The molecule has 0 aromatic heterocycles. The summed E-state index contributed by atoms with van der Waals surface area (Å²) in [6.45, 7) is 0.417. The summed E-state index contributed by atoms with van der Waals surface area (Å²) < 4.78 is 0. The van der Waals surface area contributed by atoms with Crippen molar-refractivity contribution >= 4 is 49.7 Å². The van der Waals surface area contributed by atoms with Crippen LogP contribution in [0.4, 0.5) is 0 Å². The first-order chi connectivity index (χ1) is 11.4. The molecule has 0 fully saturated rings. The number of carbonyl (C=O) groups excluding carboxylic acids is 2. The van der Waals surface area contributed by atoms with Gasteiger partial charge < -0.3 is 41.5 Å². The Morgan fingerprint density at radius 3 is 1.32 bits per heavy atom. The number of hydrogen-bond donors (Lipinski definition) is 6. The fraction of sp³-hybridized carbons (Fsp3) is 0.857. The summed E-state index contributed by atoms with van der Waals surface area (Å²) in [6, 6.07) is -1.52. The molecule has 0 bridgehead atoms. The summed E-state index contributed by atoms with van der Waals surface area (Å²) >= 11 is 0. The van der Waals surface area contributed by atoms with Gasteiger partial charge in [0, 0.05) is 12.1 Å². The van der Waals surface area contributed by atoms with Crippen LogP contribution >= 0.6 is 0 Å². The molecule has 0 saturated carbocycles. The maximum absolute atomic E-state index is 10.4. The summed E-state index contributed by atoms with van der Waals surface area (Å²) in [5.74, 6) is -2.36. The Morgan fingerprint density at radius 1 is 0.800 bits per heavy atom. The second-order valence-corrected chi connectivity index (χ2v) is 5.04. The third kappa shape index (κ3) is 20.1. The number of unbranched alkanes of at least 4 members (excludes halogenated alkanes) is 2. The number of aliphatic hydroxyl groups excluding tert-OH is 2. The zero-order valence-corrected chi connectivity index (χ0v) is 16.8. The smallest absolute Gasteiger partial charge is 0.548 e. The summed E-state index contributed by atoms with van der Waals surface area (Å²) in [5.41, 5.74) is 10.5. The molecule has 0 radical (unpaired) electrons. The van der Waals surface area contributed by atoms with Crippen molar-refractivity contribution in [3.8, 4) is 0 Å². The van der Waals surface area contributed by atoms with Crippen LogP contribution in [0.1, 0.15) is 38.5 Å². The fourth-order valence-corrected chi connectivity index (χ4v) is 1.81. The average Bonchev–Trinajstić information content (AvgIpc) is 2.54. The Kier molecular flexibility index (Phi) is 26.1. The first-order valence-electron chi connectivity index (χ1n) is 7.94. The van der Waals surface area contributed by atoms with Crippen LogP contribution in [0.3, 0.4) is 0 Å². The van der Waals surface area contributed by atoms with Crippen molar-refractivity contribution in [2.45, 2.75) is 50.6 Å². The average molecular weight is 390 g/mol. The van der Waals surface area contributed by atoms with Crippen LogP contribution in [0.25, 0.3) is 0 Å². The molecule has 0 saturated heterocycles. The molecule has 0 amide bonds. The fourth-order valence-electron chi connectivity index (χ4n) is 1.81. The summed E-state index contributed by atoms with van der Waals surface area (Å²) in [5, 5.41) is 42.4. The van der Waals surface area contributed by atoms with E-state index in [1.807, 2.05) is 0 Å². The molecule has 144 valence electrons. The first kappa shape index (κ1) is 29.7. The van der Waals surface area contributed by atoms with Crippen LogP contribution in [0, 0.1) is 0 Å². The van der Waals surface area contributed by atoms with Crippen molar-refractivity contribution in [3.05, 3.63) is 0 Å². The van der Waals surface area contributed by atoms with Gasteiger partial charge >= 0.3 is 37.7 Å². The van der Waals surface area contributed by atoms with Crippen LogP contribution in [-0.4, -0.2) is 98.5 Å². The minimum absolute atomic E-state index is 0. The number of aliphatic carboxylic acids is 2. The number of hydrogen-bond acceptors (Lipinski definition) is 10. The Labute approximate surface area is 178 Å². The summed E-state index contributed by atoms with van der Waals surface area (Å²) in [6.07, 6.45) is 3.91. The molecular formula is C14H30CaN4O6. The minimum atomic E-state index is -1.18. The van der Waals surface area contributed by atoms with E-state index >= 15 is 0 Å². The van der Waals surface area contributed by atoms with Crippen molar-refractivity contribution in [1.82, 2.24) is 10.6 Å². The van der Waals surface area contributed by atoms with E-state index in [9.17, 15) is 19.8 Å². The molecule has 11 heteroatoms. The van der Waals surface area contributed by atoms with Gasteiger partial charge in [-0.15, -0.1) is 0 Å². The van der Waals surface area contributed by atoms with Gasteiger partial charge in [-0.3, -0.25) is 10.6 Å². The molecular weight excluding hydrogens is 360 g/mol. The Balaban J connectivity index is -0.000000372. The van der Waals surface area contributed by atoms with Gasteiger partial charge in [-0.2, -0.15) is 0 Å². The van der Waals surface area contributed by atoms with Gasteiger partial charge in [-0.1, -0.05) is 12.8 Å². The predicted molar refractivity (Wildman–Crippen MR) is 89.6 cm³/mol. The van der Waals surface area contributed by atoms with E-state index in [1.54, 1.807) is 0 Å². The molecule has 0 aromatic rings. The van der Waals surface area contributed by atoms with Crippen molar-refractivity contribution in [1.29, 1.82) is 0 Å². The van der Waals surface area contributed by atoms with E-state index in [2.05, 4.69) is 10.6 Å². The van der Waals surface area contributed by atoms with Crippen LogP contribution in [-0.2, 0) is 9.59 Å². The number of carboxylic acids is 2. The number of carbonyl (C=O) groups is 2. The third-order valence-electron chi connectivity index (χ3n) is 3.14. The number of carboxylic acid groups (broad SMARTS) is 2.